The molecule has 2 aromatic rings. The first-order valence-electron chi connectivity index (χ1n) is 7.82. The fraction of sp³-hybridized carbons (Fsp3) is 0.278. The molecule has 1 fully saturated rings. The third kappa shape index (κ3) is 5.26. The molecule has 134 valence electrons. The standard InChI is InChI=1S/C18H19ClN2O3.ClH/c19-17-9-12(20)6-7-16(17)18(22)21-13-3-1-4-14(10-13)24-11-15-5-2-8-23-15;/h1,3-4,6-7,9-10,15H,2,5,8,11,20H2,(H,21,22);1H. The molecule has 1 unspecified atom stereocenters. The summed E-state index contributed by atoms with van der Waals surface area (Å²) < 4.78 is 11.3. The molecule has 0 aromatic heterocycles. The van der Waals surface area contributed by atoms with Gasteiger partial charge in [-0.2, -0.15) is 0 Å². The summed E-state index contributed by atoms with van der Waals surface area (Å²) in [6.45, 7) is 1.31. The Morgan fingerprint density at radius 1 is 1.32 bits per heavy atom. The number of carbonyl (C=O) groups excluding carboxylic acids is 1. The van der Waals surface area contributed by atoms with Crippen molar-refractivity contribution in [1.29, 1.82) is 0 Å². The lowest BCUT2D eigenvalue weighted by Gasteiger charge is -2.13. The van der Waals surface area contributed by atoms with E-state index in [-0.39, 0.29) is 24.4 Å². The maximum absolute atomic E-state index is 12.3. The Morgan fingerprint density at radius 2 is 2.16 bits per heavy atom. The van der Waals surface area contributed by atoms with Crippen LogP contribution in [0.25, 0.3) is 0 Å². The van der Waals surface area contributed by atoms with Gasteiger partial charge in [-0.05, 0) is 43.2 Å². The summed E-state index contributed by atoms with van der Waals surface area (Å²) in [5, 5.41) is 3.13. The SMILES string of the molecule is Cl.Nc1ccc(C(=O)Nc2cccc(OCC3CCCO3)c2)c(Cl)c1. The number of halogens is 2. The van der Waals surface area contributed by atoms with Crippen LogP contribution in [0.4, 0.5) is 11.4 Å². The Balaban J connectivity index is 0.00000225. The van der Waals surface area contributed by atoms with E-state index in [9.17, 15) is 4.79 Å². The molecule has 25 heavy (non-hydrogen) atoms. The number of anilines is 2. The summed E-state index contributed by atoms with van der Waals surface area (Å²) in [5.41, 5.74) is 7.17. The first-order valence-corrected chi connectivity index (χ1v) is 8.20. The van der Waals surface area contributed by atoms with E-state index in [1.807, 2.05) is 12.1 Å². The number of nitrogens with one attached hydrogen (secondary N) is 1. The van der Waals surface area contributed by atoms with Crippen LogP contribution in [-0.2, 0) is 4.74 Å². The minimum atomic E-state index is -0.295. The maximum atomic E-state index is 12.3. The summed E-state index contributed by atoms with van der Waals surface area (Å²) in [5.74, 6) is 0.392. The van der Waals surface area contributed by atoms with Crippen LogP contribution in [0.3, 0.4) is 0 Å². The first-order chi connectivity index (χ1) is 11.6. The van der Waals surface area contributed by atoms with Crippen LogP contribution in [0.1, 0.15) is 23.2 Å². The second-order valence-corrected chi connectivity index (χ2v) is 6.07. The van der Waals surface area contributed by atoms with E-state index in [2.05, 4.69) is 5.32 Å². The van der Waals surface area contributed by atoms with Crippen molar-refractivity contribution in [1.82, 2.24) is 0 Å². The van der Waals surface area contributed by atoms with Crippen molar-refractivity contribution in [3.63, 3.8) is 0 Å². The highest BCUT2D eigenvalue weighted by Gasteiger charge is 2.16. The smallest absolute Gasteiger partial charge is 0.257 e. The molecule has 0 spiro atoms. The van der Waals surface area contributed by atoms with E-state index < -0.39 is 0 Å². The Bertz CT molecular complexity index is 734. The molecule has 7 heteroatoms. The van der Waals surface area contributed by atoms with Crippen LogP contribution < -0.4 is 15.8 Å². The predicted octanol–water partition coefficient (Wildman–Crippen LogP) is 4.15. The second kappa shape index (κ2) is 8.94. The number of benzene rings is 2. The highest BCUT2D eigenvalue weighted by Crippen LogP contribution is 2.23. The summed E-state index contributed by atoms with van der Waals surface area (Å²) in [6.07, 6.45) is 2.25. The van der Waals surface area contributed by atoms with Gasteiger partial charge in [0.05, 0.1) is 16.7 Å². The average Bonchev–Trinajstić information content (AvgIpc) is 3.06. The zero-order valence-corrected chi connectivity index (χ0v) is 15.1. The monoisotopic (exact) mass is 382 g/mol. The van der Waals surface area contributed by atoms with Crippen LogP contribution >= 0.6 is 24.0 Å². The molecule has 0 radical (unpaired) electrons. The number of carbonyl (C=O) groups is 1. The molecule has 1 saturated heterocycles. The van der Waals surface area contributed by atoms with Gasteiger partial charge >= 0.3 is 0 Å². The molecule has 3 rings (SSSR count). The van der Waals surface area contributed by atoms with Gasteiger partial charge < -0.3 is 20.5 Å². The topological polar surface area (TPSA) is 73.6 Å². The minimum absolute atomic E-state index is 0. The fourth-order valence-electron chi connectivity index (χ4n) is 2.54. The first kappa shape index (κ1) is 19.4. The molecule has 0 saturated carbocycles. The highest BCUT2D eigenvalue weighted by atomic mass is 35.5. The van der Waals surface area contributed by atoms with Crippen LogP contribution in [0.5, 0.6) is 5.75 Å². The number of hydrogen-bond acceptors (Lipinski definition) is 4. The van der Waals surface area contributed by atoms with Gasteiger partial charge in [0.1, 0.15) is 12.4 Å². The molecule has 0 bridgehead atoms. The minimum Gasteiger partial charge on any atom is -0.491 e. The van der Waals surface area contributed by atoms with E-state index in [0.29, 0.717) is 34.3 Å². The van der Waals surface area contributed by atoms with Crippen molar-refractivity contribution in [2.24, 2.45) is 0 Å². The number of nitrogens with two attached hydrogens (primary N) is 1. The van der Waals surface area contributed by atoms with Crippen molar-refractivity contribution in [3.05, 3.63) is 53.1 Å². The maximum Gasteiger partial charge on any atom is 0.257 e. The van der Waals surface area contributed by atoms with Gasteiger partial charge in [-0.1, -0.05) is 17.7 Å². The van der Waals surface area contributed by atoms with Crippen molar-refractivity contribution >= 4 is 41.3 Å². The lowest BCUT2D eigenvalue weighted by atomic mass is 10.2. The van der Waals surface area contributed by atoms with Crippen molar-refractivity contribution in [2.45, 2.75) is 18.9 Å². The Hall–Kier alpha value is -1.95. The van der Waals surface area contributed by atoms with Gasteiger partial charge in [-0.25, -0.2) is 0 Å². The van der Waals surface area contributed by atoms with E-state index in [0.717, 1.165) is 19.4 Å². The van der Waals surface area contributed by atoms with Gasteiger partial charge in [0.25, 0.3) is 5.91 Å². The normalized spacial score (nSPS) is 16.1. The molecule has 3 N–H and O–H groups in total. The lowest BCUT2D eigenvalue weighted by molar-refractivity contribution is 0.0680. The zero-order chi connectivity index (χ0) is 16.9. The molecular weight excluding hydrogens is 363 g/mol. The summed E-state index contributed by atoms with van der Waals surface area (Å²) >= 11 is 6.06. The molecule has 0 aliphatic carbocycles. The van der Waals surface area contributed by atoms with Crippen LogP contribution in [0.2, 0.25) is 5.02 Å². The number of ether oxygens (including phenoxy) is 2. The van der Waals surface area contributed by atoms with Gasteiger partial charge in [-0.3, -0.25) is 4.79 Å². The van der Waals surface area contributed by atoms with Crippen LogP contribution in [-0.4, -0.2) is 25.2 Å². The second-order valence-electron chi connectivity index (χ2n) is 5.67. The number of nitrogen functional groups attached to an aromatic ring is 1. The molecule has 2 aromatic carbocycles. The van der Waals surface area contributed by atoms with Crippen LogP contribution in [0, 0.1) is 0 Å². The average molecular weight is 383 g/mol. The van der Waals surface area contributed by atoms with E-state index in [1.165, 1.54) is 0 Å². The third-order valence-electron chi connectivity index (χ3n) is 3.79. The van der Waals surface area contributed by atoms with Gasteiger partial charge in [-0.15, -0.1) is 12.4 Å². The van der Waals surface area contributed by atoms with E-state index >= 15 is 0 Å². The summed E-state index contributed by atoms with van der Waals surface area (Å²) in [7, 11) is 0. The predicted molar refractivity (Wildman–Crippen MR) is 102 cm³/mol. The van der Waals surface area contributed by atoms with Crippen molar-refractivity contribution < 1.29 is 14.3 Å². The number of rotatable bonds is 5. The van der Waals surface area contributed by atoms with Crippen molar-refractivity contribution in [3.8, 4) is 5.75 Å². The summed E-state index contributed by atoms with van der Waals surface area (Å²) in [4.78, 5) is 12.3. The van der Waals surface area contributed by atoms with Gasteiger partial charge in [0, 0.05) is 24.0 Å². The summed E-state index contributed by atoms with van der Waals surface area (Å²) in [6, 6.07) is 12.0. The quantitative estimate of drug-likeness (QED) is 0.761. The Labute approximate surface area is 157 Å². The van der Waals surface area contributed by atoms with E-state index in [1.54, 1.807) is 30.3 Å². The zero-order valence-electron chi connectivity index (χ0n) is 13.5. The van der Waals surface area contributed by atoms with Crippen molar-refractivity contribution in [2.75, 3.05) is 24.3 Å². The lowest BCUT2D eigenvalue weighted by Crippen LogP contribution is -2.16. The third-order valence-corrected chi connectivity index (χ3v) is 4.10. The van der Waals surface area contributed by atoms with Gasteiger partial charge in [0.2, 0.25) is 0 Å². The number of hydrogen-bond donors (Lipinski definition) is 2. The molecule has 1 atom stereocenters. The molecule has 1 amide bonds. The number of amides is 1. The molecule has 1 aliphatic heterocycles. The molecule has 1 aliphatic rings. The van der Waals surface area contributed by atoms with E-state index in [4.69, 9.17) is 26.8 Å². The largest absolute Gasteiger partial charge is 0.491 e. The molecule has 5 nitrogen and oxygen atoms in total. The Morgan fingerprint density at radius 3 is 2.88 bits per heavy atom. The highest BCUT2D eigenvalue weighted by molar-refractivity contribution is 6.34. The Kier molecular flexibility index (Phi) is 6.93. The van der Waals surface area contributed by atoms with Gasteiger partial charge in [0.15, 0.2) is 0 Å². The fourth-order valence-corrected chi connectivity index (χ4v) is 2.82. The molecular formula is C18H20Cl2N2O3. The molecule has 1 heterocycles. The van der Waals surface area contributed by atoms with Crippen LogP contribution in [0.15, 0.2) is 42.5 Å².